The zero-order valence-electron chi connectivity index (χ0n) is 15.4. The Balaban J connectivity index is 1.67. The molecule has 3 fully saturated rings. The maximum atomic E-state index is 13.3. The SMILES string of the molecule is C[C@H]1CC(CO)=CC[C@@H]1C(=O)N1[C@@H]2C[C@H]3CC[C@@]2(CS1(=O)=O)C3(C)C. The number of nitrogens with zero attached hydrogens (tertiary/aromatic N) is 1. The van der Waals surface area contributed by atoms with E-state index in [0.717, 1.165) is 24.8 Å². The smallest absolute Gasteiger partial charge is 0.240 e. The summed E-state index contributed by atoms with van der Waals surface area (Å²) in [5, 5.41) is 9.32. The molecule has 4 rings (SSSR count). The first-order valence-electron chi connectivity index (χ1n) is 9.49. The van der Waals surface area contributed by atoms with Gasteiger partial charge in [-0.3, -0.25) is 4.79 Å². The maximum absolute atomic E-state index is 13.3. The van der Waals surface area contributed by atoms with Crippen LogP contribution >= 0.6 is 0 Å². The Kier molecular flexibility index (Phi) is 3.73. The van der Waals surface area contributed by atoms with Crippen LogP contribution in [0.2, 0.25) is 0 Å². The van der Waals surface area contributed by atoms with Crippen molar-refractivity contribution >= 4 is 15.9 Å². The number of amides is 1. The number of aliphatic hydroxyl groups excluding tert-OH is 1. The number of fused-ring (bicyclic) bond motifs is 1. The Morgan fingerprint density at radius 1 is 1.40 bits per heavy atom. The van der Waals surface area contributed by atoms with Gasteiger partial charge < -0.3 is 5.11 Å². The molecule has 2 saturated carbocycles. The topological polar surface area (TPSA) is 74.7 Å². The molecule has 0 aromatic carbocycles. The van der Waals surface area contributed by atoms with Crippen LogP contribution in [-0.4, -0.2) is 42.1 Å². The molecule has 2 bridgehead atoms. The summed E-state index contributed by atoms with van der Waals surface area (Å²) in [6.07, 6.45) is 5.97. The molecule has 1 N–H and O–H groups in total. The molecule has 1 saturated heterocycles. The average molecular weight is 368 g/mol. The molecule has 0 aromatic heterocycles. The predicted molar refractivity (Wildman–Crippen MR) is 95.0 cm³/mol. The summed E-state index contributed by atoms with van der Waals surface area (Å²) in [5.41, 5.74) is 0.691. The third kappa shape index (κ3) is 2.16. The normalized spacial score (nSPS) is 43.8. The first-order chi connectivity index (χ1) is 11.6. The lowest BCUT2D eigenvalue weighted by molar-refractivity contribution is -0.135. The van der Waals surface area contributed by atoms with Gasteiger partial charge in [-0.05, 0) is 54.9 Å². The molecule has 1 spiro atoms. The van der Waals surface area contributed by atoms with E-state index >= 15 is 0 Å². The Morgan fingerprint density at radius 2 is 2.12 bits per heavy atom. The van der Waals surface area contributed by atoms with Gasteiger partial charge in [0.25, 0.3) is 0 Å². The Hall–Kier alpha value is -0.880. The molecular weight excluding hydrogens is 338 g/mol. The highest BCUT2D eigenvalue weighted by Gasteiger charge is 2.72. The molecule has 0 aromatic rings. The number of rotatable bonds is 2. The fraction of sp³-hybridized carbons (Fsp3) is 0.842. The average Bonchev–Trinajstić information content (AvgIpc) is 3.01. The monoisotopic (exact) mass is 367 g/mol. The fourth-order valence-corrected chi connectivity index (χ4v) is 8.96. The van der Waals surface area contributed by atoms with Crippen molar-refractivity contribution in [3.63, 3.8) is 0 Å². The van der Waals surface area contributed by atoms with Crippen molar-refractivity contribution in [2.75, 3.05) is 12.4 Å². The largest absolute Gasteiger partial charge is 0.392 e. The van der Waals surface area contributed by atoms with Crippen LogP contribution in [0.4, 0.5) is 0 Å². The van der Waals surface area contributed by atoms with Crippen molar-refractivity contribution in [3.8, 4) is 0 Å². The maximum Gasteiger partial charge on any atom is 0.240 e. The lowest BCUT2D eigenvalue weighted by Gasteiger charge is -2.38. The minimum absolute atomic E-state index is 0.0120. The van der Waals surface area contributed by atoms with E-state index in [1.54, 1.807) is 0 Å². The van der Waals surface area contributed by atoms with E-state index in [-0.39, 0.29) is 47.0 Å². The quantitative estimate of drug-likeness (QED) is 0.760. The molecule has 6 heteroatoms. The highest BCUT2D eigenvalue weighted by Crippen LogP contribution is 2.70. The van der Waals surface area contributed by atoms with Crippen molar-refractivity contribution < 1.29 is 18.3 Å². The highest BCUT2D eigenvalue weighted by atomic mass is 32.2. The fourth-order valence-electron chi connectivity index (χ4n) is 6.38. The molecular formula is C19H29NO4S. The number of carbonyl (C=O) groups is 1. The second kappa shape index (κ2) is 5.32. The lowest BCUT2D eigenvalue weighted by Crippen LogP contribution is -2.47. The molecule has 25 heavy (non-hydrogen) atoms. The third-order valence-electron chi connectivity index (χ3n) is 8.08. The number of hydrogen-bond acceptors (Lipinski definition) is 4. The van der Waals surface area contributed by atoms with Crippen LogP contribution < -0.4 is 0 Å². The lowest BCUT2D eigenvalue weighted by atomic mass is 9.69. The Labute approximate surface area is 150 Å². The summed E-state index contributed by atoms with van der Waals surface area (Å²) in [7, 11) is -3.54. The van der Waals surface area contributed by atoms with Gasteiger partial charge in [0.1, 0.15) is 0 Å². The van der Waals surface area contributed by atoms with Crippen molar-refractivity contribution in [2.24, 2.45) is 28.6 Å². The van der Waals surface area contributed by atoms with E-state index in [1.165, 1.54) is 4.31 Å². The molecule has 3 aliphatic carbocycles. The van der Waals surface area contributed by atoms with Crippen LogP contribution in [0.25, 0.3) is 0 Å². The number of allylic oxidation sites excluding steroid dienone is 1. The van der Waals surface area contributed by atoms with Crippen LogP contribution in [0.5, 0.6) is 0 Å². The van der Waals surface area contributed by atoms with Gasteiger partial charge >= 0.3 is 0 Å². The highest BCUT2D eigenvalue weighted by molar-refractivity contribution is 7.90. The summed E-state index contributed by atoms with van der Waals surface area (Å²) < 4.78 is 27.3. The van der Waals surface area contributed by atoms with Gasteiger partial charge in [0.05, 0.1) is 18.4 Å². The Bertz CT molecular complexity index is 741. The van der Waals surface area contributed by atoms with Gasteiger partial charge in [-0.15, -0.1) is 0 Å². The predicted octanol–water partition coefficient (Wildman–Crippen LogP) is 2.32. The van der Waals surface area contributed by atoms with E-state index in [2.05, 4.69) is 13.8 Å². The van der Waals surface area contributed by atoms with E-state index in [4.69, 9.17) is 0 Å². The minimum atomic E-state index is -3.54. The van der Waals surface area contributed by atoms with Gasteiger partial charge in [0.2, 0.25) is 15.9 Å². The van der Waals surface area contributed by atoms with Crippen molar-refractivity contribution in [3.05, 3.63) is 11.6 Å². The number of sulfonamides is 1. The molecule has 1 aliphatic heterocycles. The number of carbonyl (C=O) groups excluding carboxylic acids is 1. The molecule has 4 aliphatic rings. The van der Waals surface area contributed by atoms with Gasteiger partial charge in [-0.25, -0.2) is 12.7 Å². The van der Waals surface area contributed by atoms with Gasteiger partial charge in [-0.2, -0.15) is 0 Å². The summed E-state index contributed by atoms with van der Waals surface area (Å²) in [4.78, 5) is 13.3. The molecule has 0 radical (unpaired) electrons. The summed E-state index contributed by atoms with van der Waals surface area (Å²) in [5.74, 6) is 0.234. The summed E-state index contributed by atoms with van der Waals surface area (Å²) in [6.45, 7) is 6.42. The zero-order chi connectivity index (χ0) is 18.2. The minimum Gasteiger partial charge on any atom is -0.392 e. The molecule has 1 heterocycles. The van der Waals surface area contributed by atoms with Crippen LogP contribution in [-0.2, 0) is 14.8 Å². The van der Waals surface area contributed by atoms with Crippen LogP contribution in [0, 0.1) is 28.6 Å². The van der Waals surface area contributed by atoms with Crippen LogP contribution in [0.1, 0.15) is 52.9 Å². The second-order valence-electron chi connectivity index (χ2n) is 9.30. The number of hydrogen-bond donors (Lipinski definition) is 1. The molecule has 1 amide bonds. The van der Waals surface area contributed by atoms with Crippen molar-refractivity contribution in [2.45, 2.75) is 58.9 Å². The van der Waals surface area contributed by atoms with Crippen molar-refractivity contribution in [1.29, 1.82) is 0 Å². The van der Waals surface area contributed by atoms with Crippen LogP contribution in [0.15, 0.2) is 11.6 Å². The van der Waals surface area contributed by atoms with Gasteiger partial charge in [0, 0.05) is 11.3 Å². The molecule has 0 unspecified atom stereocenters. The molecule has 5 nitrogen and oxygen atoms in total. The van der Waals surface area contributed by atoms with E-state index in [0.29, 0.717) is 18.8 Å². The molecule has 5 atom stereocenters. The number of aliphatic hydroxyl groups is 1. The van der Waals surface area contributed by atoms with Crippen molar-refractivity contribution in [1.82, 2.24) is 4.31 Å². The van der Waals surface area contributed by atoms with Gasteiger partial charge in [-0.1, -0.05) is 26.8 Å². The first-order valence-corrected chi connectivity index (χ1v) is 11.1. The van der Waals surface area contributed by atoms with E-state index < -0.39 is 10.0 Å². The molecule has 140 valence electrons. The van der Waals surface area contributed by atoms with E-state index in [1.807, 2.05) is 13.0 Å². The summed E-state index contributed by atoms with van der Waals surface area (Å²) >= 11 is 0. The van der Waals surface area contributed by atoms with Gasteiger partial charge in [0.15, 0.2) is 0 Å². The van der Waals surface area contributed by atoms with Crippen LogP contribution in [0.3, 0.4) is 0 Å². The second-order valence-corrected chi connectivity index (χ2v) is 11.1. The summed E-state index contributed by atoms with van der Waals surface area (Å²) in [6, 6.07) is -0.144. The first kappa shape index (κ1) is 17.5. The standard InChI is InChI=1S/C19H29NO4S/c1-12-8-13(10-21)4-5-15(12)17(22)20-16-9-14-6-7-19(16,18(14,2)3)11-25(20,23)24/h4,12,14-16,21H,5-11H2,1-3H3/t12-,14+,15-,16+,19-/m0/s1. The van der Waals surface area contributed by atoms with E-state index in [9.17, 15) is 18.3 Å². The Morgan fingerprint density at radius 3 is 2.72 bits per heavy atom. The zero-order valence-corrected chi connectivity index (χ0v) is 16.2. The third-order valence-corrected chi connectivity index (χ3v) is 9.99.